The molecule has 0 heterocycles. The molecule has 0 radical (unpaired) electrons. The molecule has 0 unspecified atom stereocenters. The van der Waals surface area contributed by atoms with Crippen LogP contribution in [0.3, 0.4) is 0 Å². The van der Waals surface area contributed by atoms with Crippen molar-refractivity contribution in [2.24, 2.45) is 0 Å². The Bertz CT molecular complexity index is 601. The average molecular weight is 322 g/mol. The van der Waals surface area contributed by atoms with Crippen LogP contribution >= 0.6 is 23.4 Å². The van der Waals surface area contributed by atoms with Gasteiger partial charge in [0.1, 0.15) is 0 Å². The predicted molar refractivity (Wildman–Crippen MR) is 87.8 cm³/mol. The zero-order chi connectivity index (χ0) is 15.1. The third-order valence-electron chi connectivity index (χ3n) is 2.80. The molecule has 0 aliphatic heterocycles. The quantitative estimate of drug-likeness (QED) is 0.792. The van der Waals surface area contributed by atoms with Crippen molar-refractivity contribution in [2.45, 2.75) is 17.9 Å². The fourth-order valence-corrected chi connectivity index (χ4v) is 2.74. The van der Waals surface area contributed by atoms with Gasteiger partial charge in [-0.2, -0.15) is 0 Å². The number of anilines is 1. The minimum Gasteiger partial charge on any atom is -0.392 e. The lowest BCUT2D eigenvalue weighted by molar-refractivity contribution is -0.115. The van der Waals surface area contributed by atoms with Crippen LogP contribution in [0, 0.1) is 0 Å². The van der Waals surface area contributed by atoms with Gasteiger partial charge < -0.3 is 10.4 Å². The molecular weight excluding hydrogens is 306 g/mol. The highest BCUT2D eigenvalue weighted by atomic mass is 35.5. The lowest BCUT2D eigenvalue weighted by atomic mass is 10.2. The molecule has 21 heavy (non-hydrogen) atoms. The Kier molecular flexibility index (Phi) is 6.11. The molecule has 2 rings (SSSR count). The van der Waals surface area contributed by atoms with Crippen molar-refractivity contribution in [3.05, 3.63) is 59.1 Å². The van der Waals surface area contributed by atoms with Gasteiger partial charge in [0.05, 0.1) is 6.61 Å². The normalized spacial score (nSPS) is 10.4. The molecule has 0 fully saturated rings. The Morgan fingerprint density at radius 1 is 1.19 bits per heavy atom. The Morgan fingerprint density at radius 3 is 2.67 bits per heavy atom. The summed E-state index contributed by atoms with van der Waals surface area (Å²) in [4.78, 5) is 12.9. The van der Waals surface area contributed by atoms with Crippen LogP contribution in [0.4, 0.5) is 5.69 Å². The number of rotatable bonds is 6. The summed E-state index contributed by atoms with van der Waals surface area (Å²) in [5.41, 5.74) is 1.49. The molecule has 2 N–H and O–H groups in total. The first-order valence-corrected chi connectivity index (χ1v) is 7.92. The summed E-state index contributed by atoms with van der Waals surface area (Å²) in [6, 6.07) is 14.8. The van der Waals surface area contributed by atoms with Crippen molar-refractivity contribution >= 4 is 35.0 Å². The van der Waals surface area contributed by atoms with E-state index in [0.29, 0.717) is 22.9 Å². The highest BCUT2D eigenvalue weighted by molar-refractivity contribution is 7.99. The van der Waals surface area contributed by atoms with Crippen LogP contribution in [0.1, 0.15) is 12.0 Å². The number of aliphatic hydroxyl groups excluding tert-OH is 1. The second kappa shape index (κ2) is 8.08. The van der Waals surface area contributed by atoms with Crippen LogP contribution in [0.2, 0.25) is 5.02 Å². The summed E-state index contributed by atoms with van der Waals surface area (Å²) in [5, 5.41) is 12.6. The zero-order valence-corrected chi connectivity index (χ0v) is 13.0. The number of hydrogen-bond donors (Lipinski definition) is 2. The zero-order valence-electron chi connectivity index (χ0n) is 11.4. The molecular formula is C16H16ClNO2S. The van der Waals surface area contributed by atoms with E-state index in [4.69, 9.17) is 16.7 Å². The van der Waals surface area contributed by atoms with Crippen molar-refractivity contribution in [1.29, 1.82) is 0 Å². The molecule has 1 amide bonds. The lowest BCUT2D eigenvalue weighted by Crippen LogP contribution is -2.12. The monoisotopic (exact) mass is 321 g/mol. The van der Waals surface area contributed by atoms with Crippen molar-refractivity contribution in [3.63, 3.8) is 0 Å². The number of carbonyl (C=O) groups excluding carboxylic acids is 1. The van der Waals surface area contributed by atoms with E-state index in [1.807, 2.05) is 42.5 Å². The third-order valence-corrected chi connectivity index (χ3v) is 4.07. The van der Waals surface area contributed by atoms with E-state index in [1.165, 1.54) is 0 Å². The second-order valence-corrected chi connectivity index (χ2v) is 6.06. The highest BCUT2D eigenvalue weighted by Crippen LogP contribution is 2.21. The van der Waals surface area contributed by atoms with E-state index in [2.05, 4.69) is 5.32 Å². The molecule has 0 aliphatic carbocycles. The minimum absolute atomic E-state index is 0.0316. The molecule has 0 aliphatic rings. The van der Waals surface area contributed by atoms with Gasteiger partial charge in [0, 0.05) is 27.8 Å². The average Bonchev–Trinajstić information content (AvgIpc) is 2.49. The fraction of sp³-hybridized carbons (Fsp3) is 0.188. The second-order valence-electron chi connectivity index (χ2n) is 4.46. The molecule has 0 saturated carbocycles. The van der Waals surface area contributed by atoms with Crippen LogP contribution in [0.25, 0.3) is 0 Å². The summed E-state index contributed by atoms with van der Waals surface area (Å²) < 4.78 is 0. The maximum absolute atomic E-state index is 11.8. The molecule has 0 saturated heterocycles. The van der Waals surface area contributed by atoms with Crippen LogP contribution in [-0.4, -0.2) is 16.8 Å². The first kappa shape index (κ1) is 15.9. The Labute approximate surface area is 133 Å². The molecule has 5 heteroatoms. The molecule has 0 aromatic heterocycles. The van der Waals surface area contributed by atoms with Gasteiger partial charge >= 0.3 is 0 Å². The van der Waals surface area contributed by atoms with Gasteiger partial charge in [-0.25, -0.2) is 0 Å². The van der Waals surface area contributed by atoms with E-state index in [-0.39, 0.29) is 12.5 Å². The number of carbonyl (C=O) groups is 1. The molecule has 3 nitrogen and oxygen atoms in total. The van der Waals surface area contributed by atoms with Gasteiger partial charge in [-0.1, -0.05) is 23.7 Å². The maximum atomic E-state index is 11.8. The molecule has 2 aromatic carbocycles. The molecule has 0 spiro atoms. The molecule has 2 aromatic rings. The van der Waals surface area contributed by atoms with Crippen LogP contribution in [0.15, 0.2) is 53.4 Å². The van der Waals surface area contributed by atoms with Gasteiger partial charge in [0.25, 0.3) is 0 Å². The largest absolute Gasteiger partial charge is 0.392 e. The van der Waals surface area contributed by atoms with Gasteiger partial charge in [0.15, 0.2) is 0 Å². The lowest BCUT2D eigenvalue weighted by Gasteiger charge is -2.06. The fourth-order valence-electron chi connectivity index (χ4n) is 1.76. The smallest absolute Gasteiger partial charge is 0.225 e. The Morgan fingerprint density at radius 2 is 1.95 bits per heavy atom. The topological polar surface area (TPSA) is 49.3 Å². The third kappa shape index (κ3) is 5.42. The molecule has 0 bridgehead atoms. The number of thioether (sulfide) groups is 1. The van der Waals surface area contributed by atoms with Crippen molar-refractivity contribution in [1.82, 2.24) is 0 Å². The Hall–Kier alpha value is -1.49. The number of halogens is 1. The van der Waals surface area contributed by atoms with Crippen molar-refractivity contribution in [2.75, 3.05) is 11.1 Å². The maximum Gasteiger partial charge on any atom is 0.225 e. The first-order chi connectivity index (χ1) is 10.2. The number of aliphatic hydroxyl groups is 1. The van der Waals surface area contributed by atoms with Crippen molar-refractivity contribution < 1.29 is 9.90 Å². The number of benzene rings is 2. The van der Waals surface area contributed by atoms with E-state index in [9.17, 15) is 4.79 Å². The van der Waals surface area contributed by atoms with Gasteiger partial charge in [-0.05, 0) is 42.0 Å². The number of amides is 1. The van der Waals surface area contributed by atoms with E-state index >= 15 is 0 Å². The Balaban J connectivity index is 1.78. The molecule has 110 valence electrons. The highest BCUT2D eigenvalue weighted by Gasteiger charge is 2.04. The minimum atomic E-state index is -0.0356. The van der Waals surface area contributed by atoms with Gasteiger partial charge in [-0.3, -0.25) is 4.79 Å². The van der Waals surface area contributed by atoms with Crippen LogP contribution in [0.5, 0.6) is 0 Å². The van der Waals surface area contributed by atoms with Crippen LogP contribution in [-0.2, 0) is 11.4 Å². The van der Waals surface area contributed by atoms with E-state index in [1.54, 1.807) is 17.8 Å². The van der Waals surface area contributed by atoms with Crippen LogP contribution < -0.4 is 5.32 Å². The number of nitrogens with one attached hydrogen (secondary N) is 1. The van der Waals surface area contributed by atoms with Gasteiger partial charge in [0.2, 0.25) is 5.91 Å². The predicted octanol–water partition coefficient (Wildman–Crippen LogP) is 3.95. The summed E-state index contributed by atoms with van der Waals surface area (Å²) in [7, 11) is 0. The van der Waals surface area contributed by atoms with E-state index in [0.717, 1.165) is 10.5 Å². The SMILES string of the molecule is O=C(CCSc1ccc(Cl)cc1)Nc1cccc(CO)c1. The van der Waals surface area contributed by atoms with E-state index < -0.39 is 0 Å². The van der Waals surface area contributed by atoms with Gasteiger partial charge in [-0.15, -0.1) is 11.8 Å². The molecule has 0 atom stereocenters. The summed E-state index contributed by atoms with van der Waals surface area (Å²) >= 11 is 7.44. The summed E-state index contributed by atoms with van der Waals surface area (Å²) in [6.07, 6.45) is 0.427. The van der Waals surface area contributed by atoms with Crippen molar-refractivity contribution in [3.8, 4) is 0 Å². The summed E-state index contributed by atoms with van der Waals surface area (Å²) in [5.74, 6) is 0.666. The number of hydrogen-bond acceptors (Lipinski definition) is 3. The summed E-state index contributed by atoms with van der Waals surface area (Å²) in [6.45, 7) is -0.0316. The standard InChI is InChI=1S/C16H16ClNO2S/c17-13-4-6-15(7-5-13)21-9-8-16(20)18-14-3-1-2-12(10-14)11-19/h1-7,10,19H,8-9,11H2,(H,18,20). The first-order valence-electron chi connectivity index (χ1n) is 6.55.